The Balaban J connectivity index is 1.92. The van der Waals surface area contributed by atoms with Crippen LogP contribution >= 0.6 is 11.6 Å². The van der Waals surface area contributed by atoms with E-state index in [0.717, 1.165) is 22.6 Å². The van der Waals surface area contributed by atoms with Crippen LogP contribution in [0.25, 0.3) is 0 Å². The molecule has 2 rings (SSSR count). The van der Waals surface area contributed by atoms with Gasteiger partial charge in [-0.15, -0.1) is 0 Å². The highest BCUT2D eigenvalue weighted by Crippen LogP contribution is 2.29. The fraction of sp³-hybridized carbons (Fsp3) is 0.611. The molecule has 0 bridgehead atoms. The predicted molar refractivity (Wildman–Crippen MR) is 91.8 cm³/mol. The van der Waals surface area contributed by atoms with E-state index in [1.807, 2.05) is 52.8 Å². The SMILES string of the molecule is Cc1ccc(COC2(C)CCN(C(=O)OC(C)(C)C)C2)c(Cl)c1. The normalized spacial score (nSPS) is 21.6. The standard InChI is InChI=1S/C18H26ClNO3/c1-13-6-7-14(15(19)10-13)11-22-18(5)8-9-20(12-18)16(21)23-17(2,3)4/h6-7,10H,8-9,11-12H2,1-5H3. The van der Waals surface area contributed by atoms with Gasteiger partial charge in [-0.1, -0.05) is 23.7 Å². The lowest BCUT2D eigenvalue weighted by molar-refractivity contribution is -0.0374. The Hall–Kier alpha value is -1.26. The number of amides is 1. The summed E-state index contributed by atoms with van der Waals surface area (Å²) in [4.78, 5) is 13.9. The average molecular weight is 340 g/mol. The second kappa shape index (κ2) is 6.70. The number of nitrogens with zero attached hydrogens (tertiary/aromatic N) is 1. The summed E-state index contributed by atoms with van der Waals surface area (Å²) in [5.74, 6) is 0. The first-order chi connectivity index (χ1) is 10.6. The number of rotatable bonds is 3. The molecule has 5 heteroatoms. The minimum Gasteiger partial charge on any atom is -0.444 e. The molecule has 23 heavy (non-hydrogen) atoms. The molecule has 1 aliphatic heterocycles. The van der Waals surface area contributed by atoms with Crippen LogP contribution in [0.5, 0.6) is 0 Å². The Morgan fingerprint density at radius 2 is 2.09 bits per heavy atom. The third-order valence-corrected chi connectivity index (χ3v) is 4.22. The summed E-state index contributed by atoms with van der Waals surface area (Å²) in [7, 11) is 0. The van der Waals surface area contributed by atoms with Crippen molar-refractivity contribution >= 4 is 17.7 Å². The summed E-state index contributed by atoms with van der Waals surface area (Å²) in [6, 6.07) is 5.94. The van der Waals surface area contributed by atoms with Crippen LogP contribution in [0.2, 0.25) is 5.02 Å². The van der Waals surface area contributed by atoms with Gasteiger partial charge >= 0.3 is 6.09 Å². The molecule has 0 N–H and O–H groups in total. The first-order valence-corrected chi connectivity index (χ1v) is 8.33. The first-order valence-electron chi connectivity index (χ1n) is 7.95. The maximum atomic E-state index is 12.1. The molecule has 1 aromatic rings. The molecule has 0 saturated carbocycles. The lowest BCUT2D eigenvalue weighted by Gasteiger charge is -2.27. The molecule has 1 saturated heterocycles. The first kappa shape index (κ1) is 18.1. The van der Waals surface area contributed by atoms with Gasteiger partial charge < -0.3 is 14.4 Å². The van der Waals surface area contributed by atoms with E-state index in [1.54, 1.807) is 4.90 Å². The Kier molecular flexibility index (Phi) is 5.27. The van der Waals surface area contributed by atoms with Crippen LogP contribution in [0.4, 0.5) is 4.79 Å². The molecule has 1 unspecified atom stereocenters. The number of aryl methyl sites for hydroxylation is 1. The number of benzene rings is 1. The monoisotopic (exact) mass is 339 g/mol. The summed E-state index contributed by atoms with van der Waals surface area (Å²) in [5, 5.41) is 0.718. The number of carbonyl (C=O) groups is 1. The lowest BCUT2D eigenvalue weighted by Crippen LogP contribution is -2.39. The molecule has 0 aromatic heterocycles. The highest BCUT2D eigenvalue weighted by Gasteiger charge is 2.38. The molecular formula is C18H26ClNO3. The molecule has 0 spiro atoms. The van der Waals surface area contributed by atoms with Crippen molar-refractivity contribution in [2.75, 3.05) is 13.1 Å². The van der Waals surface area contributed by atoms with Crippen molar-refractivity contribution in [3.8, 4) is 0 Å². The van der Waals surface area contributed by atoms with E-state index in [-0.39, 0.29) is 11.7 Å². The van der Waals surface area contributed by atoms with E-state index in [1.165, 1.54) is 0 Å². The number of carbonyl (C=O) groups excluding carboxylic acids is 1. The fourth-order valence-corrected chi connectivity index (χ4v) is 2.84. The Morgan fingerprint density at radius 1 is 1.39 bits per heavy atom. The second-order valence-corrected chi connectivity index (χ2v) is 7.89. The van der Waals surface area contributed by atoms with E-state index in [0.29, 0.717) is 19.7 Å². The van der Waals surface area contributed by atoms with E-state index >= 15 is 0 Å². The highest BCUT2D eigenvalue weighted by atomic mass is 35.5. The molecule has 1 aromatic carbocycles. The summed E-state index contributed by atoms with van der Waals surface area (Å²) < 4.78 is 11.5. The van der Waals surface area contributed by atoms with Crippen LogP contribution in [-0.4, -0.2) is 35.3 Å². The van der Waals surface area contributed by atoms with Crippen molar-refractivity contribution in [2.24, 2.45) is 0 Å². The van der Waals surface area contributed by atoms with Crippen LogP contribution in [0.1, 0.15) is 45.2 Å². The molecule has 0 aliphatic carbocycles. The van der Waals surface area contributed by atoms with Gasteiger partial charge in [0.2, 0.25) is 0 Å². The topological polar surface area (TPSA) is 38.8 Å². The molecule has 1 heterocycles. The van der Waals surface area contributed by atoms with Gasteiger partial charge in [0.05, 0.1) is 18.8 Å². The summed E-state index contributed by atoms with van der Waals surface area (Å²) in [6.45, 7) is 11.3. The third-order valence-electron chi connectivity index (χ3n) is 3.87. The van der Waals surface area contributed by atoms with Crippen molar-refractivity contribution < 1.29 is 14.3 Å². The molecule has 1 aliphatic rings. The van der Waals surface area contributed by atoms with Gasteiger partial charge in [-0.3, -0.25) is 0 Å². The average Bonchev–Trinajstić information content (AvgIpc) is 2.79. The number of halogens is 1. The Morgan fingerprint density at radius 3 is 2.70 bits per heavy atom. The summed E-state index contributed by atoms with van der Waals surface area (Å²) in [5.41, 5.74) is 1.24. The largest absolute Gasteiger partial charge is 0.444 e. The minimum atomic E-state index is -0.480. The van der Waals surface area contributed by atoms with Crippen molar-refractivity contribution in [3.63, 3.8) is 0 Å². The second-order valence-electron chi connectivity index (χ2n) is 7.49. The molecule has 4 nitrogen and oxygen atoms in total. The summed E-state index contributed by atoms with van der Waals surface area (Å²) >= 11 is 6.25. The van der Waals surface area contributed by atoms with Crippen molar-refractivity contribution in [2.45, 2.75) is 58.8 Å². The minimum absolute atomic E-state index is 0.279. The van der Waals surface area contributed by atoms with E-state index < -0.39 is 5.60 Å². The summed E-state index contributed by atoms with van der Waals surface area (Å²) in [6.07, 6.45) is 0.508. The number of hydrogen-bond donors (Lipinski definition) is 0. The van der Waals surface area contributed by atoms with Gasteiger partial charge in [-0.2, -0.15) is 0 Å². The van der Waals surface area contributed by atoms with E-state index in [9.17, 15) is 4.79 Å². The fourth-order valence-electron chi connectivity index (χ4n) is 2.55. The molecule has 1 amide bonds. The van der Waals surface area contributed by atoms with Crippen LogP contribution in [0, 0.1) is 6.92 Å². The van der Waals surface area contributed by atoms with Gasteiger partial charge in [0.25, 0.3) is 0 Å². The van der Waals surface area contributed by atoms with Crippen molar-refractivity contribution in [1.29, 1.82) is 0 Å². The number of likely N-dealkylation sites (tertiary alicyclic amines) is 1. The molecule has 0 radical (unpaired) electrons. The van der Waals surface area contributed by atoms with E-state index in [4.69, 9.17) is 21.1 Å². The number of ether oxygens (including phenoxy) is 2. The molecular weight excluding hydrogens is 314 g/mol. The van der Waals surface area contributed by atoms with E-state index in [2.05, 4.69) is 0 Å². The van der Waals surface area contributed by atoms with Gasteiger partial charge in [0, 0.05) is 11.6 Å². The maximum absolute atomic E-state index is 12.1. The number of hydrogen-bond acceptors (Lipinski definition) is 3. The van der Waals surface area contributed by atoms with Gasteiger partial charge in [0.15, 0.2) is 0 Å². The maximum Gasteiger partial charge on any atom is 0.410 e. The zero-order valence-electron chi connectivity index (χ0n) is 14.6. The van der Waals surface area contributed by atoms with Crippen molar-refractivity contribution in [1.82, 2.24) is 4.90 Å². The van der Waals surface area contributed by atoms with Gasteiger partial charge in [0.1, 0.15) is 5.60 Å². The zero-order chi connectivity index (χ0) is 17.3. The zero-order valence-corrected chi connectivity index (χ0v) is 15.4. The highest BCUT2D eigenvalue weighted by molar-refractivity contribution is 6.31. The molecule has 1 atom stereocenters. The molecule has 128 valence electrons. The lowest BCUT2D eigenvalue weighted by atomic mass is 10.1. The van der Waals surface area contributed by atoms with Gasteiger partial charge in [-0.25, -0.2) is 4.79 Å². The smallest absolute Gasteiger partial charge is 0.410 e. The quantitative estimate of drug-likeness (QED) is 0.810. The Bertz CT molecular complexity index is 582. The van der Waals surface area contributed by atoms with Crippen LogP contribution in [0.3, 0.4) is 0 Å². The molecule has 1 fully saturated rings. The van der Waals surface area contributed by atoms with Crippen LogP contribution in [-0.2, 0) is 16.1 Å². The van der Waals surface area contributed by atoms with Gasteiger partial charge in [-0.05, 0) is 58.2 Å². The van der Waals surface area contributed by atoms with Crippen LogP contribution in [0.15, 0.2) is 18.2 Å². The Labute approximate surface area is 143 Å². The van der Waals surface area contributed by atoms with Crippen LogP contribution < -0.4 is 0 Å². The third kappa shape index (κ3) is 5.11. The predicted octanol–water partition coefficient (Wildman–Crippen LogP) is 4.56. The van der Waals surface area contributed by atoms with Crippen molar-refractivity contribution in [3.05, 3.63) is 34.3 Å².